The van der Waals surface area contributed by atoms with Crippen LogP contribution < -0.4 is 10.8 Å². The van der Waals surface area contributed by atoms with Crippen molar-refractivity contribution in [1.82, 2.24) is 20.6 Å². The number of carbonyl (C=O) groups is 3. The fraction of sp³-hybridized carbons (Fsp3) is 0.897. The molecule has 0 aromatic carbocycles. The lowest BCUT2D eigenvalue weighted by Crippen LogP contribution is -2.53. The molecule has 1 unspecified atom stereocenters. The van der Waals surface area contributed by atoms with Crippen LogP contribution in [-0.4, -0.2) is 92.4 Å². The number of nitrogens with zero attached hydrogens (tertiary/aromatic N) is 2. The molecule has 3 atom stereocenters. The molecule has 39 heavy (non-hydrogen) atoms. The van der Waals surface area contributed by atoms with Gasteiger partial charge in [0.2, 0.25) is 17.7 Å². The second kappa shape index (κ2) is 17.8. The first-order chi connectivity index (χ1) is 18.9. The Balaban J connectivity index is 1.60. The molecule has 3 heterocycles. The number of hydrogen-bond acceptors (Lipinski definition) is 7. The normalized spacial score (nSPS) is 27.2. The van der Waals surface area contributed by atoms with Gasteiger partial charge in [0.05, 0.1) is 13.2 Å². The van der Waals surface area contributed by atoms with Gasteiger partial charge in [-0.15, -0.1) is 0 Å². The highest BCUT2D eigenvalue weighted by atomic mass is 16.8. The van der Waals surface area contributed by atoms with Crippen LogP contribution in [0.1, 0.15) is 90.9 Å². The van der Waals surface area contributed by atoms with Crippen molar-refractivity contribution < 1.29 is 28.7 Å². The number of carbonyl (C=O) groups excluding carboxylic acids is 3. The molecule has 224 valence electrons. The van der Waals surface area contributed by atoms with Gasteiger partial charge in [0.15, 0.2) is 6.29 Å². The summed E-state index contributed by atoms with van der Waals surface area (Å²) in [4.78, 5) is 49.7. The molecule has 0 spiro atoms. The van der Waals surface area contributed by atoms with Crippen LogP contribution in [0.25, 0.3) is 0 Å². The lowest BCUT2D eigenvalue weighted by Gasteiger charge is -2.32. The molecular weight excluding hydrogens is 500 g/mol. The SMILES string of the molecule is CC(C)[C@@H]1NC(=O)[C@@H](CC(=O)NOC2CCCCO2)CCCCCCCCN(CCCN2CCOCC2)C1=O. The summed E-state index contributed by atoms with van der Waals surface area (Å²) < 4.78 is 11.0. The smallest absolute Gasteiger partial charge is 0.245 e. The second-order valence-electron chi connectivity index (χ2n) is 11.6. The van der Waals surface area contributed by atoms with E-state index in [2.05, 4.69) is 15.7 Å². The molecule has 0 aliphatic carbocycles. The quantitative estimate of drug-likeness (QED) is 0.423. The van der Waals surface area contributed by atoms with Gasteiger partial charge in [0.1, 0.15) is 6.04 Å². The highest BCUT2D eigenvalue weighted by molar-refractivity contribution is 5.90. The van der Waals surface area contributed by atoms with Crippen molar-refractivity contribution >= 4 is 17.7 Å². The molecule has 10 heteroatoms. The highest BCUT2D eigenvalue weighted by Crippen LogP contribution is 2.19. The molecule has 3 rings (SSSR count). The Bertz CT molecular complexity index is 739. The lowest BCUT2D eigenvalue weighted by atomic mass is 9.94. The number of hydrogen-bond donors (Lipinski definition) is 2. The van der Waals surface area contributed by atoms with Crippen LogP contribution in [0.4, 0.5) is 0 Å². The lowest BCUT2D eigenvalue weighted by molar-refractivity contribution is -0.200. The third-order valence-corrected chi connectivity index (χ3v) is 8.02. The molecule has 10 nitrogen and oxygen atoms in total. The molecule has 0 aromatic heterocycles. The number of nitrogens with one attached hydrogen (secondary N) is 2. The molecule has 3 aliphatic rings. The standard InChI is InChI=1S/C29H52N4O6/c1-23(2)27-29(36)33(16-11-14-32-17-20-37-21-18-32)15-9-6-4-3-5-7-12-24(28(35)30-27)22-25(34)31-39-26-13-8-10-19-38-26/h23-24,26-27H,3-22H2,1-2H3,(H,30,35)(H,31,34)/t24-,26?,27+/m1/s1. The largest absolute Gasteiger partial charge is 0.379 e. The summed E-state index contributed by atoms with van der Waals surface area (Å²) in [5, 5.41) is 3.05. The third kappa shape index (κ3) is 11.7. The Kier molecular flexibility index (Phi) is 14.5. The van der Waals surface area contributed by atoms with E-state index in [0.29, 0.717) is 26.1 Å². The molecule has 0 saturated carbocycles. The summed E-state index contributed by atoms with van der Waals surface area (Å²) in [6.07, 6.45) is 10.1. The molecule has 3 fully saturated rings. The Morgan fingerprint density at radius 2 is 1.67 bits per heavy atom. The second-order valence-corrected chi connectivity index (χ2v) is 11.6. The van der Waals surface area contributed by atoms with Gasteiger partial charge in [-0.05, 0) is 38.0 Å². The number of hydroxylamine groups is 1. The van der Waals surface area contributed by atoms with Gasteiger partial charge in [0, 0.05) is 58.1 Å². The molecule has 3 saturated heterocycles. The van der Waals surface area contributed by atoms with E-state index in [-0.39, 0.29) is 30.1 Å². The van der Waals surface area contributed by atoms with Crippen LogP contribution in [0.15, 0.2) is 0 Å². The minimum absolute atomic E-state index is 0.0154. The van der Waals surface area contributed by atoms with Gasteiger partial charge in [-0.1, -0.05) is 46.0 Å². The maximum absolute atomic E-state index is 13.8. The molecule has 3 amide bonds. The van der Waals surface area contributed by atoms with E-state index >= 15 is 0 Å². The van der Waals surface area contributed by atoms with Gasteiger partial charge in [-0.2, -0.15) is 0 Å². The minimum Gasteiger partial charge on any atom is -0.379 e. The van der Waals surface area contributed by atoms with Crippen molar-refractivity contribution in [2.75, 3.05) is 52.5 Å². The number of morpholine rings is 1. The predicted molar refractivity (Wildman–Crippen MR) is 148 cm³/mol. The summed E-state index contributed by atoms with van der Waals surface area (Å²) in [6.45, 7) is 10.3. The third-order valence-electron chi connectivity index (χ3n) is 8.02. The van der Waals surface area contributed by atoms with Gasteiger partial charge >= 0.3 is 0 Å². The summed E-state index contributed by atoms with van der Waals surface area (Å²) in [5.74, 6) is -1.14. The van der Waals surface area contributed by atoms with Gasteiger partial charge in [-0.3, -0.25) is 19.3 Å². The molecule has 0 radical (unpaired) electrons. The minimum atomic E-state index is -0.610. The Labute approximate surface area is 234 Å². The molecule has 3 aliphatic heterocycles. The Morgan fingerprint density at radius 1 is 0.949 bits per heavy atom. The van der Waals surface area contributed by atoms with Crippen molar-refractivity contribution in [3.05, 3.63) is 0 Å². The molecule has 0 bridgehead atoms. The van der Waals surface area contributed by atoms with Gasteiger partial charge < -0.3 is 19.7 Å². The fourth-order valence-corrected chi connectivity index (χ4v) is 5.55. The summed E-state index contributed by atoms with van der Waals surface area (Å²) in [6, 6.07) is -0.610. The first-order valence-corrected chi connectivity index (χ1v) is 15.4. The first kappa shape index (κ1) is 31.8. The van der Waals surface area contributed by atoms with E-state index in [0.717, 1.165) is 97.1 Å². The van der Waals surface area contributed by atoms with E-state index in [1.807, 2.05) is 18.7 Å². The predicted octanol–water partition coefficient (Wildman–Crippen LogP) is 3.00. The first-order valence-electron chi connectivity index (χ1n) is 15.4. The van der Waals surface area contributed by atoms with Crippen LogP contribution in [0.5, 0.6) is 0 Å². The maximum atomic E-state index is 13.8. The fourth-order valence-electron chi connectivity index (χ4n) is 5.55. The van der Waals surface area contributed by atoms with Crippen LogP contribution in [0.3, 0.4) is 0 Å². The Morgan fingerprint density at radius 3 is 2.38 bits per heavy atom. The van der Waals surface area contributed by atoms with E-state index in [1.54, 1.807) is 0 Å². The molecular formula is C29H52N4O6. The monoisotopic (exact) mass is 552 g/mol. The molecule has 0 aromatic rings. The summed E-state index contributed by atoms with van der Waals surface area (Å²) >= 11 is 0. The van der Waals surface area contributed by atoms with E-state index in [9.17, 15) is 14.4 Å². The van der Waals surface area contributed by atoms with E-state index < -0.39 is 18.2 Å². The number of amides is 3. The zero-order chi connectivity index (χ0) is 27.9. The van der Waals surface area contributed by atoms with E-state index in [4.69, 9.17) is 14.3 Å². The topological polar surface area (TPSA) is 109 Å². The van der Waals surface area contributed by atoms with Crippen molar-refractivity contribution in [2.45, 2.75) is 103 Å². The van der Waals surface area contributed by atoms with Gasteiger partial charge in [-0.25, -0.2) is 10.3 Å². The van der Waals surface area contributed by atoms with E-state index in [1.165, 1.54) is 0 Å². The average molecular weight is 553 g/mol. The van der Waals surface area contributed by atoms with Crippen LogP contribution in [0, 0.1) is 11.8 Å². The number of ether oxygens (including phenoxy) is 2. The maximum Gasteiger partial charge on any atom is 0.245 e. The van der Waals surface area contributed by atoms with Crippen molar-refractivity contribution in [2.24, 2.45) is 11.8 Å². The number of rotatable bonds is 9. The Hall–Kier alpha value is -1.75. The van der Waals surface area contributed by atoms with Crippen molar-refractivity contribution in [1.29, 1.82) is 0 Å². The summed E-state index contributed by atoms with van der Waals surface area (Å²) in [7, 11) is 0. The van der Waals surface area contributed by atoms with Crippen molar-refractivity contribution in [3.8, 4) is 0 Å². The highest BCUT2D eigenvalue weighted by Gasteiger charge is 2.32. The zero-order valence-corrected chi connectivity index (χ0v) is 24.3. The zero-order valence-electron chi connectivity index (χ0n) is 24.3. The van der Waals surface area contributed by atoms with Crippen LogP contribution >= 0.6 is 0 Å². The van der Waals surface area contributed by atoms with Crippen LogP contribution in [0.2, 0.25) is 0 Å². The van der Waals surface area contributed by atoms with Crippen LogP contribution in [-0.2, 0) is 28.7 Å². The average Bonchev–Trinajstić information content (AvgIpc) is 2.94. The van der Waals surface area contributed by atoms with Crippen molar-refractivity contribution in [3.63, 3.8) is 0 Å². The summed E-state index contributed by atoms with van der Waals surface area (Å²) in [5.41, 5.74) is 2.49. The van der Waals surface area contributed by atoms with Gasteiger partial charge in [0.25, 0.3) is 0 Å². The molecule has 2 N–H and O–H groups in total.